The number of carbonyl (C=O) groups is 1. The van der Waals surface area contributed by atoms with Crippen molar-refractivity contribution in [3.8, 4) is 0 Å². The van der Waals surface area contributed by atoms with E-state index in [0.29, 0.717) is 24.5 Å². The number of halogens is 1. The van der Waals surface area contributed by atoms with Crippen molar-refractivity contribution in [1.29, 1.82) is 0 Å². The molecule has 2 nitrogen and oxygen atoms in total. The summed E-state index contributed by atoms with van der Waals surface area (Å²) >= 11 is 5.76. The molecular formula is C14H18ClNO. The molecule has 1 aromatic rings. The second-order valence-corrected chi connectivity index (χ2v) is 4.38. The van der Waals surface area contributed by atoms with Crippen LogP contribution in [0.4, 0.5) is 0 Å². The van der Waals surface area contributed by atoms with Crippen molar-refractivity contribution in [2.45, 2.75) is 19.7 Å². The van der Waals surface area contributed by atoms with Gasteiger partial charge in [0, 0.05) is 24.5 Å². The van der Waals surface area contributed by atoms with Gasteiger partial charge >= 0.3 is 0 Å². The van der Waals surface area contributed by atoms with Crippen molar-refractivity contribution < 1.29 is 4.79 Å². The quantitative estimate of drug-likeness (QED) is 0.580. The van der Waals surface area contributed by atoms with Gasteiger partial charge in [-0.1, -0.05) is 24.3 Å². The van der Waals surface area contributed by atoms with E-state index in [0.717, 1.165) is 11.1 Å². The Morgan fingerprint density at radius 2 is 2.18 bits per heavy atom. The van der Waals surface area contributed by atoms with Crippen LogP contribution in [0.15, 0.2) is 36.4 Å². The predicted octanol–water partition coefficient (Wildman–Crippen LogP) is 3.46. The van der Waals surface area contributed by atoms with Crippen LogP contribution in [-0.4, -0.2) is 23.9 Å². The molecule has 0 N–H and O–H groups in total. The fourth-order valence-corrected chi connectivity index (χ4v) is 1.79. The van der Waals surface area contributed by atoms with Gasteiger partial charge in [-0.15, -0.1) is 11.6 Å². The molecule has 0 bridgehead atoms. The Bertz CT molecular complexity index is 414. The zero-order valence-electron chi connectivity index (χ0n) is 10.4. The van der Waals surface area contributed by atoms with Crippen LogP contribution in [0.1, 0.15) is 29.8 Å². The summed E-state index contributed by atoms with van der Waals surface area (Å²) in [4.78, 5) is 14.0. The maximum absolute atomic E-state index is 12.2. The minimum absolute atomic E-state index is 0.0301. The van der Waals surface area contributed by atoms with E-state index < -0.39 is 0 Å². The Hall–Kier alpha value is -1.28. The van der Waals surface area contributed by atoms with Crippen LogP contribution >= 0.6 is 11.6 Å². The van der Waals surface area contributed by atoms with Crippen molar-refractivity contribution in [3.05, 3.63) is 47.5 Å². The molecule has 1 amide bonds. The molecule has 92 valence electrons. The molecule has 0 heterocycles. The van der Waals surface area contributed by atoms with E-state index in [4.69, 9.17) is 11.6 Å². The van der Waals surface area contributed by atoms with Crippen LogP contribution in [0.5, 0.6) is 0 Å². The van der Waals surface area contributed by atoms with Crippen molar-refractivity contribution in [1.82, 2.24) is 4.90 Å². The molecule has 0 saturated carbocycles. The lowest BCUT2D eigenvalue weighted by atomic mass is 10.1. The van der Waals surface area contributed by atoms with Crippen molar-refractivity contribution in [3.63, 3.8) is 0 Å². The highest BCUT2D eigenvalue weighted by Crippen LogP contribution is 2.11. The summed E-state index contributed by atoms with van der Waals surface area (Å²) in [5.41, 5.74) is 2.63. The summed E-state index contributed by atoms with van der Waals surface area (Å²) in [6, 6.07) is 7.44. The van der Waals surface area contributed by atoms with Crippen LogP contribution in [0.3, 0.4) is 0 Å². The lowest BCUT2D eigenvalue weighted by molar-refractivity contribution is 0.0778. The summed E-state index contributed by atoms with van der Waals surface area (Å²) in [7, 11) is 0. The Labute approximate surface area is 108 Å². The Balaban J connectivity index is 2.89. The third-order valence-corrected chi connectivity index (χ3v) is 2.77. The fourth-order valence-electron chi connectivity index (χ4n) is 1.62. The summed E-state index contributed by atoms with van der Waals surface area (Å²) in [5.74, 6) is 0.454. The maximum Gasteiger partial charge on any atom is 0.254 e. The van der Waals surface area contributed by atoms with Crippen molar-refractivity contribution in [2.24, 2.45) is 0 Å². The monoisotopic (exact) mass is 251 g/mol. The minimum Gasteiger partial charge on any atom is -0.335 e. The highest BCUT2D eigenvalue weighted by molar-refractivity contribution is 6.17. The second-order valence-electron chi connectivity index (χ2n) is 4.11. The van der Waals surface area contributed by atoms with Crippen LogP contribution in [0.25, 0.3) is 0 Å². The first-order valence-corrected chi connectivity index (χ1v) is 6.20. The van der Waals surface area contributed by atoms with Crippen LogP contribution in [0.2, 0.25) is 0 Å². The fraction of sp³-hybridized carbons (Fsp3) is 0.357. The minimum atomic E-state index is 0.0301. The number of alkyl halides is 1. The Kier molecular flexibility index (Phi) is 5.23. The summed E-state index contributed by atoms with van der Waals surface area (Å²) in [6.07, 6.45) is 0. The van der Waals surface area contributed by atoms with Crippen molar-refractivity contribution in [2.75, 3.05) is 13.1 Å². The van der Waals surface area contributed by atoms with E-state index >= 15 is 0 Å². The number of rotatable bonds is 5. The third-order valence-electron chi connectivity index (χ3n) is 2.46. The maximum atomic E-state index is 12.2. The standard InChI is InChI=1S/C14H18ClNO/c1-4-16(10-11(2)3)14(17)13-7-5-6-12(8-13)9-15/h5-8H,2,4,9-10H2,1,3H3. The molecule has 0 atom stereocenters. The number of nitrogens with zero attached hydrogens (tertiary/aromatic N) is 1. The summed E-state index contributed by atoms with van der Waals surface area (Å²) in [6.45, 7) is 9.00. The zero-order valence-corrected chi connectivity index (χ0v) is 11.1. The van der Waals surface area contributed by atoms with Gasteiger partial charge in [0.15, 0.2) is 0 Å². The number of hydrogen-bond acceptors (Lipinski definition) is 1. The van der Waals surface area contributed by atoms with Gasteiger partial charge in [-0.2, -0.15) is 0 Å². The van der Waals surface area contributed by atoms with E-state index in [9.17, 15) is 4.79 Å². The summed E-state index contributed by atoms with van der Waals surface area (Å²) < 4.78 is 0. The molecule has 1 aromatic carbocycles. The first-order valence-electron chi connectivity index (χ1n) is 5.67. The van der Waals surface area contributed by atoms with Gasteiger partial charge in [0.1, 0.15) is 0 Å². The first kappa shape index (κ1) is 13.8. The van der Waals surface area contributed by atoms with Gasteiger partial charge in [0.05, 0.1) is 0 Å². The molecule has 0 radical (unpaired) electrons. The molecule has 0 aliphatic carbocycles. The molecule has 17 heavy (non-hydrogen) atoms. The van der Waals surface area contributed by atoms with Crippen LogP contribution < -0.4 is 0 Å². The molecule has 0 aliphatic rings. The molecule has 0 aliphatic heterocycles. The Morgan fingerprint density at radius 3 is 2.71 bits per heavy atom. The number of hydrogen-bond donors (Lipinski definition) is 0. The molecule has 0 spiro atoms. The zero-order chi connectivity index (χ0) is 12.8. The van der Waals surface area contributed by atoms with Crippen LogP contribution in [-0.2, 0) is 5.88 Å². The largest absolute Gasteiger partial charge is 0.335 e. The molecule has 1 rings (SSSR count). The average molecular weight is 252 g/mol. The highest BCUT2D eigenvalue weighted by atomic mass is 35.5. The number of likely N-dealkylation sites (N-methyl/N-ethyl adjacent to an activating group) is 1. The Morgan fingerprint density at radius 1 is 1.47 bits per heavy atom. The molecule has 0 aromatic heterocycles. The number of amides is 1. The number of benzene rings is 1. The topological polar surface area (TPSA) is 20.3 Å². The molecule has 0 fully saturated rings. The lowest BCUT2D eigenvalue weighted by Crippen LogP contribution is -2.32. The predicted molar refractivity (Wildman–Crippen MR) is 72.4 cm³/mol. The van der Waals surface area contributed by atoms with Gasteiger partial charge in [-0.25, -0.2) is 0 Å². The van der Waals surface area contributed by atoms with Gasteiger partial charge in [-0.05, 0) is 31.5 Å². The molecular weight excluding hydrogens is 234 g/mol. The lowest BCUT2D eigenvalue weighted by Gasteiger charge is -2.21. The van der Waals surface area contributed by atoms with E-state index in [2.05, 4.69) is 6.58 Å². The molecule has 3 heteroatoms. The highest BCUT2D eigenvalue weighted by Gasteiger charge is 2.14. The van der Waals surface area contributed by atoms with Gasteiger partial charge < -0.3 is 4.90 Å². The number of carbonyl (C=O) groups excluding carboxylic acids is 1. The van der Waals surface area contributed by atoms with Gasteiger partial charge in [-0.3, -0.25) is 4.79 Å². The summed E-state index contributed by atoms with van der Waals surface area (Å²) in [5, 5.41) is 0. The van der Waals surface area contributed by atoms with E-state index in [1.807, 2.05) is 38.1 Å². The first-order chi connectivity index (χ1) is 8.08. The second kappa shape index (κ2) is 6.45. The molecule has 0 saturated heterocycles. The van der Waals surface area contributed by atoms with E-state index in [1.54, 1.807) is 4.90 Å². The van der Waals surface area contributed by atoms with Gasteiger partial charge in [0.2, 0.25) is 0 Å². The van der Waals surface area contributed by atoms with Crippen molar-refractivity contribution >= 4 is 17.5 Å². The normalized spacial score (nSPS) is 10.1. The van der Waals surface area contributed by atoms with E-state index in [1.165, 1.54) is 0 Å². The molecule has 0 unspecified atom stereocenters. The third kappa shape index (κ3) is 3.90. The van der Waals surface area contributed by atoms with E-state index in [-0.39, 0.29) is 5.91 Å². The van der Waals surface area contributed by atoms with Crippen LogP contribution in [0, 0.1) is 0 Å². The smallest absolute Gasteiger partial charge is 0.254 e. The average Bonchev–Trinajstić information content (AvgIpc) is 2.35. The van der Waals surface area contributed by atoms with Gasteiger partial charge in [0.25, 0.3) is 5.91 Å². The SMILES string of the molecule is C=C(C)CN(CC)C(=O)c1cccc(CCl)c1.